The summed E-state index contributed by atoms with van der Waals surface area (Å²) in [7, 11) is 0. The molecule has 7 heavy (non-hydrogen) atoms. The van der Waals surface area contributed by atoms with Crippen LogP contribution >= 0.6 is 0 Å². The molecular weight excluding hydrogens is 141 g/mol. The van der Waals surface area contributed by atoms with Crippen LogP contribution in [0.2, 0.25) is 0 Å². The SMILES string of the molecule is NCCCCN.[Zn]. The summed E-state index contributed by atoms with van der Waals surface area (Å²) in [4.78, 5) is 0. The number of rotatable bonds is 3. The van der Waals surface area contributed by atoms with E-state index in [0.717, 1.165) is 25.9 Å². The summed E-state index contributed by atoms with van der Waals surface area (Å²) in [5, 5.41) is 0. The first-order valence-corrected chi connectivity index (χ1v) is 2.32. The molecule has 0 radical (unpaired) electrons. The van der Waals surface area contributed by atoms with Crippen LogP contribution < -0.4 is 11.5 Å². The van der Waals surface area contributed by atoms with Crippen LogP contribution in [0.5, 0.6) is 0 Å². The Labute approximate surface area is 57.4 Å². The van der Waals surface area contributed by atoms with Gasteiger partial charge in [0.05, 0.1) is 0 Å². The van der Waals surface area contributed by atoms with E-state index in [-0.39, 0.29) is 19.5 Å². The molecule has 0 spiro atoms. The third kappa shape index (κ3) is 10.8. The van der Waals surface area contributed by atoms with E-state index in [1.807, 2.05) is 0 Å². The Morgan fingerprint density at radius 3 is 1.29 bits per heavy atom. The fourth-order valence-corrected chi connectivity index (χ4v) is 0.289. The molecule has 0 atom stereocenters. The van der Waals surface area contributed by atoms with Crippen molar-refractivity contribution in [3.63, 3.8) is 0 Å². The van der Waals surface area contributed by atoms with E-state index in [2.05, 4.69) is 0 Å². The molecule has 0 rings (SSSR count). The normalized spacial score (nSPS) is 7.71. The molecule has 0 aliphatic heterocycles. The van der Waals surface area contributed by atoms with E-state index in [0.29, 0.717) is 0 Å². The summed E-state index contributed by atoms with van der Waals surface area (Å²) >= 11 is 0. The smallest absolute Gasteiger partial charge is 0 e. The molecule has 0 saturated heterocycles. The van der Waals surface area contributed by atoms with Crippen molar-refractivity contribution in [1.29, 1.82) is 0 Å². The molecule has 0 aromatic rings. The summed E-state index contributed by atoms with van der Waals surface area (Å²) in [6.45, 7) is 1.55. The first-order chi connectivity index (χ1) is 2.91. The number of hydrogen-bond acceptors (Lipinski definition) is 2. The van der Waals surface area contributed by atoms with Crippen LogP contribution in [0.3, 0.4) is 0 Å². The average molecular weight is 154 g/mol. The van der Waals surface area contributed by atoms with E-state index in [1.54, 1.807) is 0 Å². The molecule has 0 bridgehead atoms. The quantitative estimate of drug-likeness (QED) is 0.431. The zero-order chi connectivity index (χ0) is 4.83. The molecule has 0 aliphatic rings. The first-order valence-electron chi connectivity index (χ1n) is 2.32. The van der Waals surface area contributed by atoms with E-state index in [9.17, 15) is 0 Å². The van der Waals surface area contributed by atoms with Crippen molar-refractivity contribution in [3.8, 4) is 0 Å². The third-order valence-electron chi connectivity index (χ3n) is 0.658. The molecular formula is C4H12N2Zn. The van der Waals surface area contributed by atoms with Crippen molar-refractivity contribution in [2.45, 2.75) is 12.8 Å². The van der Waals surface area contributed by atoms with Gasteiger partial charge in [-0.1, -0.05) is 0 Å². The largest absolute Gasteiger partial charge is 0.330 e. The van der Waals surface area contributed by atoms with Crippen LogP contribution in [-0.2, 0) is 19.5 Å². The van der Waals surface area contributed by atoms with Crippen molar-refractivity contribution >= 4 is 0 Å². The summed E-state index contributed by atoms with van der Waals surface area (Å²) < 4.78 is 0. The van der Waals surface area contributed by atoms with Crippen LogP contribution in [0.25, 0.3) is 0 Å². The fraction of sp³-hybridized carbons (Fsp3) is 1.00. The predicted octanol–water partition coefficient (Wildman–Crippen LogP) is -0.318. The Balaban J connectivity index is 0. The Morgan fingerprint density at radius 1 is 0.857 bits per heavy atom. The van der Waals surface area contributed by atoms with Gasteiger partial charge in [-0.25, -0.2) is 0 Å². The van der Waals surface area contributed by atoms with Gasteiger partial charge in [0, 0.05) is 19.5 Å². The molecule has 0 aromatic heterocycles. The van der Waals surface area contributed by atoms with Gasteiger partial charge < -0.3 is 11.5 Å². The van der Waals surface area contributed by atoms with Gasteiger partial charge >= 0.3 is 0 Å². The minimum atomic E-state index is 0. The number of hydrogen-bond donors (Lipinski definition) is 2. The van der Waals surface area contributed by atoms with Gasteiger partial charge in [0.1, 0.15) is 0 Å². The molecule has 0 saturated carbocycles. The molecule has 2 nitrogen and oxygen atoms in total. The Kier molecular flexibility index (Phi) is 14.6. The molecule has 0 aliphatic carbocycles. The van der Waals surface area contributed by atoms with E-state index in [4.69, 9.17) is 11.5 Å². The zero-order valence-corrected chi connectivity index (χ0v) is 7.66. The average Bonchev–Trinajstić information content (AvgIpc) is 1.61. The van der Waals surface area contributed by atoms with Crippen molar-refractivity contribution in [1.82, 2.24) is 0 Å². The molecule has 0 unspecified atom stereocenters. The standard InChI is InChI=1S/C4H12N2.Zn/c5-3-1-2-4-6;/h1-6H2;. The Bertz CT molecular complexity index is 21.7. The first kappa shape index (κ1) is 10.5. The molecule has 40 valence electrons. The second-order valence-corrected chi connectivity index (χ2v) is 1.28. The molecule has 0 heterocycles. The van der Waals surface area contributed by atoms with Gasteiger partial charge in [0.15, 0.2) is 0 Å². The predicted molar refractivity (Wildman–Crippen MR) is 27.3 cm³/mol. The second-order valence-electron chi connectivity index (χ2n) is 1.28. The molecule has 0 aromatic carbocycles. The van der Waals surface area contributed by atoms with Gasteiger partial charge in [-0.2, -0.15) is 0 Å². The molecule has 0 amide bonds. The summed E-state index contributed by atoms with van der Waals surface area (Å²) in [5.41, 5.74) is 10.3. The van der Waals surface area contributed by atoms with Crippen LogP contribution in [0.15, 0.2) is 0 Å². The molecule has 4 N–H and O–H groups in total. The number of unbranched alkanes of at least 4 members (excludes halogenated alkanes) is 1. The van der Waals surface area contributed by atoms with Crippen LogP contribution in [0.4, 0.5) is 0 Å². The summed E-state index contributed by atoms with van der Waals surface area (Å²) in [6, 6.07) is 0. The topological polar surface area (TPSA) is 52.0 Å². The van der Waals surface area contributed by atoms with Crippen LogP contribution in [0.1, 0.15) is 12.8 Å². The maximum Gasteiger partial charge on any atom is 0 e. The second kappa shape index (κ2) is 9.74. The summed E-state index contributed by atoms with van der Waals surface area (Å²) in [5.74, 6) is 0. The molecule has 0 fully saturated rings. The van der Waals surface area contributed by atoms with Crippen LogP contribution in [0, 0.1) is 0 Å². The third-order valence-corrected chi connectivity index (χ3v) is 0.658. The van der Waals surface area contributed by atoms with Crippen molar-refractivity contribution < 1.29 is 19.5 Å². The maximum absolute atomic E-state index is 5.16. The van der Waals surface area contributed by atoms with Crippen molar-refractivity contribution in [2.24, 2.45) is 11.5 Å². The van der Waals surface area contributed by atoms with E-state index < -0.39 is 0 Å². The van der Waals surface area contributed by atoms with Crippen molar-refractivity contribution in [2.75, 3.05) is 13.1 Å². The van der Waals surface area contributed by atoms with Gasteiger partial charge in [-0.3, -0.25) is 0 Å². The zero-order valence-electron chi connectivity index (χ0n) is 4.69. The minimum absolute atomic E-state index is 0. The monoisotopic (exact) mass is 152 g/mol. The van der Waals surface area contributed by atoms with Crippen molar-refractivity contribution in [3.05, 3.63) is 0 Å². The Morgan fingerprint density at radius 2 is 1.14 bits per heavy atom. The van der Waals surface area contributed by atoms with Gasteiger partial charge in [0.25, 0.3) is 0 Å². The Hall–Kier alpha value is 0.543. The van der Waals surface area contributed by atoms with Crippen LogP contribution in [-0.4, -0.2) is 13.1 Å². The number of nitrogens with two attached hydrogens (primary N) is 2. The van der Waals surface area contributed by atoms with Gasteiger partial charge in [0.2, 0.25) is 0 Å². The van der Waals surface area contributed by atoms with E-state index >= 15 is 0 Å². The fourth-order valence-electron chi connectivity index (χ4n) is 0.289. The van der Waals surface area contributed by atoms with Gasteiger partial charge in [-0.15, -0.1) is 0 Å². The summed E-state index contributed by atoms with van der Waals surface area (Å²) in [6.07, 6.45) is 2.13. The maximum atomic E-state index is 5.16. The van der Waals surface area contributed by atoms with Gasteiger partial charge in [-0.05, 0) is 25.9 Å². The van der Waals surface area contributed by atoms with E-state index in [1.165, 1.54) is 0 Å². The molecule has 3 heteroatoms. The minimum Gasteiger partial charge on any atom is -0.330 e.